The van der Waals surface area contributed by atoms with E-state index in [4.69, 9.17) is 16.8 Å². The van der Waals surface area contributed by atoms with Crippen LogP contribution in [0.15, 0.2) is 10.5 Å². The van der Waals surface area contributed by atoms with Gasteiger partial charge in [0.15, 0.2) is 0 Å². The van der Waals surface area contributed by atoms with Gasteiger partial charge in [0.05, 0.1) is 10.7 Å². The molecule has 0 bridgehead atoms. The number of hydrogen-bond donors (Lipinski definition) is 3. The minimum absolute atomic E-state index is 0.235. The second-order valence-corrected chi connectivity index (χ2v) is 4.54. The zero-order valence-corrected chi connectivity index (χ0v) is 10.1. The highest BCUT2D eigenvalue weighted by atomic mass is 32.1. The summed E-state index contributed by atoms with van der Waals surface area (Å²) >= 11 is 1.66. The fraction of sp³-hybridized carbons (Fsp3) is 0.556. The molecule has 7 heteroatoms. The monoisotopic (exact) mass is 243 g/mol. The summed E-state index contributed by atoms with van der Waals surface area (Å²) in [5, 5.41) is 15.5. The van der Waals surface area contributed by atoms with E-state index in [2.05, 4.69) is 15.5 Å². The zero-order chi connectivity index (χ0) is 12.0. The minimum Gasteiger partial charge on any atom is -0.386 e. The van der Waals surface area contributed by atoms with E-state index in [1.165, 1.54) is 0 Å². The van der Waals surface area contributed by atoms with Crippen LogP contribution in [0.1, 0.15) is 30.0 Å². The Morgan fingerprint density at radius 1 is 1.62 bits per heavy atom. The Morgan fingerprint density at radius 2 is 2.38 bits per heavy atom. The highest BCUT2D eigenvalue weighted by molar-refractivity contribution is 7.09. The Bertz CT molecular complexity index is 349. The van der Waals surface area contributed by atoms with Gasteiger partial charge in [-0.25, -0.2) is 10.8 Å². The van der Waals surface area contributed by atoms with E-state index >= 15 is 0 Å². The van der Waals surface area contributed by atoms with Crippen molar-refractivity contribution in [2.24, 2.45) is 16.7 Å². The summed E-state index contributed by atoms with van der Waals surface area (Å²) < 4.78 is 0. The van der Waals surface area contributed by atoms with Crippen molar-refractivity contribution in [3.05, 3.63) is 16.1 Å². The van der Waals surface area contributed by atoms with Gasteiger partial charge in [-0.15, -0.1) is 16.4 Å². The number of hydrazine groups is 1. The number of hydrazone groups is 1. The van der Waals surface area contributed by atoms with Crippen molar-refractivity contribution >= 4 is 17.2 Å². The lowest BCUT2D eigenvalue weighted by atomic mass is 10.1. The zero-order valence-electron chi connectivity index (χ0n) is 9.26. The average Bonchev–Trinajstić information content (AvgIpc) is 2.58. The van der Waals surface area contributed by atoms with Gasteiger partial charge in [-0.05, 0) is 26.2 Å². The fourth-order valence-electron chi connectivity index (χ4n) is 1.32. The summed E-state index contributed by atoms with van der Waals surface area (Å²) in [7, 11) is 0. The normalized spacial score (nSPS) is 11.8. The van der Waals surface area contributed by atoms with E-state index in [1.807, 2.05) is 6.92 Å². The number of rotatable bonds is 6. The molecule has 0 radical (unpaired) electrons. The predicted octanol–water partition coefficient (Wildman–Crippen LogP) is 1.00. The van der Waals surface area contributed by atoms with Gasteiger partial charge in [-0.2, -0.15) is 0 Å². The molecule has 5 N–H and O–H groups in total. The molecule has 0 unspecified atom stereocenters. The Hall–Kier alpha value is -1.18. The van der Waals surface area contributed by atoms with Crippen LogP contribution in [0.4, 0.5) is 0 Å². The van der Waals surface area contributed by atoms with Crippen molar-refractivity contribution in [3.8, 4) is 0 Å². The van der Waals surface area contributed by atoms with Gasteiger partial charge in [-0.3, -0.25) is 5.21 Å². The van der Waals surface area contributed by atoms with Crippen LogP contribution in [0.25, 0.3) is 0 Å². The van der Waals surface area contributed by atoms with Crippen LogP contribution in [-0.4, -0.2) is 21.3 Å². The van der Waals surface area contributed by atoms with Crippen LogP contribution < -0.4 is 11.6 Å². The number of aryl methyl sites for hydroxylation is 2. The maximum absolute atomic E-state index is 8.60. The first-order valence-corrected chi connectivity index (χ1v) is 5.93. The second kappa shape index (κ2) is 6.41. The summed E-state index contributed by atoms with van der Waals surface area (Å²) in [4.78, 5) is 4.36. The summed E-state index contributed by atoms with van der Waals surface area (Å²) in [6.45, 7) is 2.00. The lowest BCUT2D eigenvalue weighted by Gasteiger charge is -2.04. The average molecular weight is 243 g/mol. The van der Waals surface area contributed by atoms with Crippen molar-refractivity contribution in [2.75, 3.05) is 0 Å². The highest BCUT2D eigenvalue weighted by Gasteiger charge is 1.99. The van der Waals surface area contributed by atoms with Gasteiger partial charge in [0.2, 0.25) is 0 Å². The standard InChI is InChI=1S/C9H17N5OS/c1-7-12-8(6-16-7)4-2-3-5-9(10)13-14(11)15/h6,15H,2-5,11H2,1H3,(H2,10,13). The number of thiazole rings is 1. The highest BCUT2D eigenvalue weighted by Crippen LogP contribution is 2.11. The third kappa shape index (κ3) is 5.06. The van der Waals surface area contributed by atoms with E-state index in [-0.39, 0.29) is 5.28 Å². The Labute approximate surface area is 98.5 Å². The largest absolute Gasteiger partial charge is 0.386 e. The van der Waals surface area contributed by atoms with Gasteiger partial charge >= 0.3 is 0 Å². The number of unbranched alkanes of at least 4 members (excludes halogenated alkanes) is 1. The van der Waals surface area contributed by atoms with Gasteiger partial charge in [-0.1, -0.05) is 5.28 Å². The maximum atomic E-state index is 8.60. The predicted molar refractivity (Wildman–Crippen MR) is 63.8 cm³/mol. The van der Waals surface area contributed by atoms with Crippen LogP contribution in [0.5, 0.6) is 0 Å². The fourth-order valence-corrected chi connectivity index (χ4v) is 1.96. The topological polar surface area (TPSA) is 101 Å². The summed E-state index contributed by atoms with van der Waals surface area (Å²) in [6, 6.07) is 0. The van der Waals surface area contributed by atoms with Gasteiger partial charge < -0.3 is 5.73 Å². The molecule has 1 heterocycles. The van der Waals surface area contributed by atoms with Crippen LogP contribution in [0, 0.1) is 6.92 Å². The number of hydrogen-bond acceptors (Lipinski definition) is 6. The lowest BCUT2D eigenvalue weighted by molar-refractivity contribution is -0.0920. The molecule has 0 aliphatic heterocycles. The molecule has 0 atom stereocenters. The van der Waals surface area contributed by atoms with Gasteiger partial charge in [0.1, 0.15) is 5.84 Å². The molecule has 1 rings (SSSR count). The quantitative estimate of drug-likeness (QED) is 0.227. The van der Waals surface area contributed by atoms with Crippen molar-refractivity contribution in [3.63, 3.8) is 0 Å². The Kier molecular flexibility index (Phi) is 5.17. The third-order valence-corrected chi connectivity index (χ3v) is 2.84. The van der Waals surface area contributed by atoms with E-state index in [9.17, 15) is 0 Å². The Balaban J connectivity index is 2.17. The molecule has 1 aromatic heterocycles. The third-order valence-electron chi connectivity index (χ3n) is 2.01. The number of amidine groups is 1. The molecular formula is C9H17N5OS. The first kappa shape index (κ1) is 12.9. The molecule has 0 fully saturated rings. The smallest absolute Gasteiger partial charge is 0.123 e. The molecule has 16 heavy (non-hydrogen) atoms. The van der Waals surface area contributed by atoms with E-state index in [0.29, 0.717) is 12.3 Å². The molecule has 0 amide bonds. The van der Waals surface area contributed by atoms with Crippen molar-refractivity contribution in [1.82, 2.24) is 10.3 Å². The summed E-state index contributed by atoms with van der Waals surface area (Å²) in [5.74, 6) is 5.24. The molecule has 6 nitrogen and oxygen atoms in total. The Morgan fingerprint density at radius 3 is 2.94 bits per heavy atom. The number of nitrogens with zero attached hydrogens (tertiary/aromatic N) is 3. The van der Waals surface area contributed by atoms with Crippen LogP contribution in [0.2, 0.25) is 0 Å². The molecule has 0 saturated carbocycles. The van der Waals surface area contributed by atoms with Crippen LogP contribution >= 0.6 is 11.3 Å². The van der Waals surface area contributed by atoms with Crippen LogP contribution in [0.3, 0.4) is 0 Å². The molecule has 0 aliphatic carbocycles. The number of nitrogens with two attached hydrogens (primary N) is 2. The van der Waals surface area contributed by atoms with Crippen molar-refractivity contribution in [1.29, 1.82) is 0 Å². The van der Waals surface area contributed by atoms with Gasteiger partial charge in [0, 0.05) is 11.8 Å². The summed E-state index contributed by atoms with van der Waals surface area (Å²) in [5.41, 5.74) is 6.64. The molecule has 90 valence electrons. The molecule has 0 saturated heterocycles. The van der Waals surface area contributed by atoms with Crippen molar-refractivity contribution < 1.29 is 5.21 Å². The van der Waals surface area contributed by atoms with Crippen molar-refractivity contribution in [2.45, 2.75) is 32.6 Å². The van der Waals surface area contributed by atoms with E-state index in [1.54, 1.807) is 11.3 Å². The summed E-state index contributed by atoms with van der Waals surface area (Å²) in [6.07, 6.45) is 3.47. The van der Waals surface area contributed by atoms with Crippen LogP contribution in [-0.2, 0) is 6.42 Å². The second-order valence-electron chi connectivity index (χ2n) is 3.48. The SMILES string of the molecule is Cc1nc(CCCC/C(N)=N/N(N)O)cs1. The van der Waals surface area contributed by atoms with E-state index in [0.717, 1.165) is 30.0 Å². The first-order valence-electron chi connectivity index (χ1n) is 5.05. The molecule has 0 spiro atoms. The minimum atomic E-state index is 0.235. The molecule has 1 aromatic rings. The number of aromatic nitrogens is 1. The molecule has 0 aliphatic rings. The molecule has 0 aromatic carbocycles. The first-order chi connectivity index (χ1) is 7.58. The maximum Gasteiger partial charge on any atom is 0.123 e. The van der Waals surface area contributed by atoms with E-state index < -0.39 is 0 Å². The van der Waals surface area contributed by atoms with Gasteiger partial charge in [0.25, 0.3) is 0 Å². The molecular weight excluding hydrogens is 226 g/mol. The lowest BCUT2D eigenvalue weighted by Crippen LogP contribution is -2.25.